The lowest BCUT2D eigenvalue weighted by atomic mass is 9.97. The molecule has 24 heavy (non-hydrogen) atoms. The van der Waals surface area contributed by atoms with Crippen molar-refractivity contribution in [3.05, 3.63) is 77.4 Å². The molecule has 0 aliphatic heterocycles. The second kappa shape index (κ2) is 6.96. The third-order valence-electron chi connectivity index (χ3n) is 3.83. The lowest BCUT2D eigenvalue weighted by Gasteiger charge is -2.12. The largest absolute Gasteiger partial charge is 0.482 e. The molecule has 120 valence electrons. The number of aldehydes is 1. The number of carboxylic acids is 1. The first-order valence-corrected chi connectivity index (χ1v) is 7.56. The fraction of sp³-hybridized carbons (Fsp3) is 0.100. The third-order valence-corrected chi connectivity index (χ3v) is 3.83. The highest BCUT2D eigenvalue weighted by molar-refractivity contribution is 5.86. The van der Waals surface area contributed by atoms with Gasteiger partial charge in [-0.2, -0.15) is 0 Å². The molecular formula is C20H16O4. The minimum atomic E-state index is -1.04. The van der Waals surface area contributed by atoms with Crippen LogP contribution in [0.25, 0.3) is 10.8 Å². The van der Waals surface area contributed by atoms with Crippen molar-refractivity contribution in [3.8, 4) is 5.75 Å². The zero-order valence-corrected chi connectivity index (χ0v) is 12.9. The quantitative estimate of drug-likeness (QED) is 0.703. The maximum Gasteiger partial charge on any atom is 0.341 e. The van der Waals surface area contributed by atoms with Crippen LogP contribution in [0.4, 0.5) is 0 Å². The van der Waals surface area contributed by atoms with E-state index < -0.39 is 12.6 Å². The second-order valence-corrected chi connectivity index (χ2v) is 5.48. The SMILES string of the molecule is O=Cc1ccc(OCC(=O)O)c(Cc2cccc3ccccc23)c1. The number of ether oxygens (including phenoxy) is 1. The summed E-state index contributed by atoms with van der Waals surface area (Å²) >= 11 is 0. The predicted molar refractivity (Wildman–Crippen MR) is 91.7 cm³/mol. The van der Waals surface area contributed by atoms with Gasteiger partial charge in [-0.3, -0.25) is 4.79 Å². The fourth-order valence-corrected chi connectivity index (χ4v) is 2.74. The Morgan fingerprint density at radius 3 is 2.58 bits per heavy atom. The Balaban J connectivity index is 2.00. The van der Waals surface area contributed by atoms with E-state index in [4.69, 9.17) is 9.84 Å². The predicted octanol–water partition coefficient (Wildman–Crippen LogP) is 3.71. The molecule has 3 rings (SSSR count). The summed E-state index contributed by atoms with van der Waals surface area (Å²) in [6, 6.07) is 19.1. The molecule has 0 spiro atoms. The first kappa shape index (κ1) is 15.7. The van der Waals surface area contributed by atoms with Gasteiger partial charge in [0, 0.05) is 12.0 Å². The van der Waals surface area contributed by atoms with Crippen molar-refractivity contribution < 1.29 is 19.4 Å². The van der Waals surface area contributed by atoms with Crippen LogP contribution in [0.3, 0.4) is 0 Å². The third kappa shape index (κ3) is 3.43. The van der Waals surface area contributed by atoms with Crippen molar-refractivity contribution in [2.45, 2.75) is 6.42 Å². The van der Waals surface area contributed by atoms with E-state index in [0.29, 0.717) is 17.7 Å². The Hall–Kier alpha value is -3.14. The highest BCUT2D eigenvalue weighted by Gasteiger charge is 2.10. The van der Waals surface area contributed by atoms with Crippen LogP contribution in [-0.2, 0) is 11.2 Å². The molecule has 0 atom stereocenters. The van der Waals surface area contributed by atoms with Crippen LogP contribution in [-0.4, -0.2) is 24.0 Å². The van der Waals surface area contributed by atoms with Gasteiger partial charge >= 0.3 is 5.97 Å². The van der Waals surface area contributed by atoms with Gasteiger partial charge in [0.1, 0.15) is 12.0 Å². The molecule has 0 saturated heterocycles. The van der Waals surface area contributed by atoms with Gasteiger partial charge < -0.3 is 9.84 Å². The van der Waals surface area contributed by atoms with Gasteiger partial charge in [0.2, 0.25) is 0 Å². The number of carbonyl (C=O) groups excluding carboxylic acids is 1. The summed E-state index contributed by atoms with van der Waals surface area (Å²) in [7, 11) is 0. The summed E-state index contributed by atoms with van der Waals surface area (Å²) in [6.07, 6.45) is 1.32. The Kier molecular flexibility index (Phi) is 4.57. The Morgan fingerprint density at radius 1 is 1.00 bits per heavy atom. The van der Waals surface area contributed by atoms with Crippen LogP contribution in [0.2, 0.25) is 0 Å². The Morgan fingerprint density at radius 2 is 1.79 bits per heavy atom. The number of fused-ring (bicyclic) bond motifs is 1. The molecule has 0 aromatic heterocycles. The van der Waals surface area contributed by atoms with Crippen molar-refractivity contribution in [3.63, 3.8) is 0 Å². The average molecular weight is 320 g/mol. The zero-order chi connectivity index (χ0) is 16.9. The van der Waals surface area contributed by atoms with E-state index in [1.807, 2.05) is 42.5 Å². The van der Waals surface area contributed by atoms with Crippen LogP contribution in [0.5, 0.6) is 5.75 Å². The smallest absolute Gasteiger partial charge is 0.341 e. The number of aliphatic carboxylic acids is 1. The van der Waals surface area contributed by atoms with Crippen molar-refractivity contribution in [2.75, 3.05) is 6.61 Å². The molecule has 0 aliphatic rings. The van der Waals surface area contributed by atoms with Crippen LogP contribution in [0, 0.1) is 0 Å². The molecule has 4 nitrogen and oxygen atoms in total. The number of rotatable bonds is 6. The summed E-state index contributed by atoms with van der Waals surface area (Å²) in [4.78, 5) is 21.8. The molecule has 3 aromatic rings. The molecule has 0 aliphatic carbocycles. The molecule has 0 amide bonds. The first-order valence-electron chi connectivity index (χ1n) is 7.56. The maximum absolute atomic E-state index is 11.1. The topological polar surface area (TPSA) is 63.6 Å². The zero-order valence-electron chi connectivity index (χ0n) is 12.9. The minimum Gasteiger partial charge on any atom is -0.482 e. The van der Waals surface area contributed by atoms with Crippen LogP contribution < -0.4 is 4.74 Å². The number of hydrogen-bond donors (Lipinski definition) is 1. The molecule has 0 saturated carbocycles. The minimum absolute atomic E-state index is 0.414. The number of hydrogen-bond acceptors (Lipinski definition) is 3. The van der Waals surface area contributed by atoms with Crippen molar-refractivity contribution in [1.29, 1.82) is 0 Å². The van der Waals surface area contributed by atoms with Crippen molar-refractivity contribution >= 4 is 23.0 Å². The van der Waals surface area contributed by atoms with Gasteiger partial charge in [-0.1, -0.05) is 42.5 Å². The van der Waals surface area contributed by atoms with E-state index in [9.17, 15) is 9.59 Å². The normalized spacial score (nSPS) is 10.5. The summed E-state index contributed by atoms with van der Waals surface area (Å²) in [6.45, 7) is -0.414. The number of carbonyl (C=O) groups is 2. The fourth-order valence-electron chi connectivity index (χ4n) is 2.74. The van der Waals surface area contributed by atoms with Gasteiger partial charge in [0.15, 0.2) is 6.61 Å². The van der Waals surface area contributed by atoms with E-state index in [1.165, 1.54) is 0 Å². The van der Waals surface area contributed by atoms with Gasteiger partial charge in [-0.15, -0.1) is 0 Å². The molecule has 0 heterocycles. The van der Waals surface area contributed by atoms with E-state index in [0.717, 1.165) is 28.2 Å². The van der Waals surface area contributed by atoms with Gasteiger partial charge in [0.25, 0.3) is 0 Å². The van der Waals surface area contributed by atoms with Gasteiger partial charge in [0.05, 0.1) is 0 Å². The lowest BCUT2D eigenvalue weighted by Crippen LogP contribution is -2.11. The molecular weight excluding hydrogens is 304 g/mol. The van der Waals surface area contributed by atoms with E-state index >= 15 is 0 Å². The maximum atomic E-state index is 11.1. The molecule has 0 radical (unpaired) electrons. The molecule has 0 bridgehead atoms. The second-order valence-electron chi connectivity index (χ2n) is 5.48. The molecule has 0 fully saturated rings. The van der Waals surface area contributed by atoms with Crippen LogP contribution in [0.15, 0.2) is 60.7 Å². The Bertz CT molecular complexity index is 894. The van der Waals surface area contributed by atoms with Gasteiger partial charge in [-0.05, 0) is 40.1 Å². The molecule has 0 unspecified atom stereocenters. The number of benzene rings is 3. The summed E-state index contributed by atoms with van der Waals surface area (Å²) in [5.41, 5.74) is 2.42. The Labute approximate surface area is 139 Å². The first-order chi connectivity index (χ1) is 11.7. The average Bonchev–Trinajstić information content (AvgIpc) is 2.60. The monoisotopic (exact) mass is 320 g/mol. The van der Waals surface area contributed by atoms with Crippen molar-refractivity contribution in [2.24, 2.45) is 0 Å². The molecule has 4 heteroatoms. The van der Waals surface area contributed by atoms with Crippen LogP contribution >= 0.6 is 0 Å². The number of carboxylic acid groups (broad SMARTS) is 1. The van der Waals surface area contributed by atoms with Crippen LogP contribution in [0.1, 0.15) is 21.5 Å². The van der Waals surface area contributed by atoms with E-state index in [2.05, 4.69) is 0 Å². The van der Waals surface area contributed by atoms with E-state index in [1.54, 1.807) is 18.2 Å². The standard InChI is InChI=1S/C20H16O4/c21-12-14-8-9-19(24-13-20(22)23)17(10-14)11-16-6-3-5-15-4-1-2-7-18(15)16/h1-10,12H,11,13H2,(H,22,23). The summed E-state index contributed by atoms with van der Waals surface area (Å²) < 4.78 is 5.37. The van der Waals surface area contributed by atoms with Gasteiger partial charge in [-0.25, -0.2) is 4.79 Å². The highest BCUT2D eigenvalue weighted by atomic mass is 16.5. The molecule has 1 N–H and O–H groups in total. The summed E-state index contributed by atoms with van der Waals surface area (Å²) in [5, 5.41) is 11.1. The van der Waals surface area contributed by atoms with Crippen molar-refractivity contribution in [1.82, 2.24) is 0 Å². The summed E-state index contributed by atoms with van der Waals surface area (Å²) in [5.74, 6) is -0.554. The highest BCUT2D eigenvalue weighted by Crippen LogP contribution is 2.27. The lowest BCUT2D eigenvalue weighted by molar-refractivity contribution is -0.139. The molecule has 3 aromatic carbocycles. The van der Waals surface area contributed by atoms with E-state index in [-0.39, 0.29) is 0 Å².